The molecule has 1 aromatic heterocycles. The highest BCUT2D eigenvalue weighted by atomic mass is 79.9. The number of halogens is 1. The molecule has 0 aliphatic carbocycles. The van der Waals surface area contributed by atoms with Crippen molar-refractivity contribution < 1.29 is 4.79 Å². The van der Waals surface area contributed by atoms with Crippen molar-refractivity contribution >= 4 is 33.2 Å². The summed E-state index contributed by atoms with van der Waals surface area (Å²) in [6.45, 7) is 3.21. The number of anilines is 2. The van der Waals surface area contributed by atoms with E-state index >= 15 is 0 Å². The lowest BCUT2D eigenvalue weighted by atomic mass is 10.2. The number of hydrogen-bond acceptors (Lipinski definition) is 4. The predicted octanol–water partition coefficient (Wildman–Crippen LogP) is 1.14. The highest BCUT2D eigenvalue weighted by molar-refractivity contribution is 9.10. The van der Waals surface area contributed by atoms with Gasteiger partial charge in [0.2, 0.25) is 5.91 Å². The second kappa shape index (κ2) is 4.91. The van der Waals surface area contributed by atoms with E-state index in [0.717, 1.165) is 29.7 Å². The molecule has 1 aliphatic rings. The summed E-state index contributed by atoms with van der Waals surface area (Å²) in [4.78, 5) is 17.2. The van der Waals surface area contributed by atoms with Crippen LogP contribution in [0.25, 0.3) is 0 Å². The predicted molar refractivity (Wildman–Crippen MR) is 70.8 cm³/mol. The normalized spacial score (nSPS) is 19.4. The van der Waals surface area contributed by atoms with Crippen LogP contribution in [0.3, 0.4) is 0 Å². The Morgan fingerprint density at radius 3 is 3.06 bits per heavy atom. The molecule has 2 rings (SSSR count). The average molecular weight is 299 g/mol. The first-order valence-corrected chi connectivity index (χ1v) is 6.28. The van der Waals surface area contributed by atoms with Crippen LogP contribution in [0.15, 0.2) is 16.9 Å². The smallest absolute Gasteiger partial charge is 0.217 e. The van der Waals surface area contributed by atoms with Gasteiger partial charge in [-0.15, -0.1) is 0 Å². The number of nitrogens with two attached hydrogens (primary N) is 1. The van der Waals surface area contributed by atoms with E-state index in [-0.39, 0.29) is 11.9 Å². The van der Waals surface area contributed by atoms with Gasteiger partial charge in [0.05, 0.1) is 22.0 Å². The molecule has 1 aromatic rings. The first-order chi connectivity index (χ1) is 8.08. The van der Waals surface area contributed by atoms with Crippen LogP contribution >= 0.6 is 15.9 Å². The third-order valence-electron chi connectivity index (χ3n) is 2.81. The maximum absolute atomic E-state index is 11.0. The third-order valence-corrected chi connectivity index (χ3v) is 3.39. The van der Waals surface area contributed by atoms with E-state index in [9.17, 15) is 4.79 Å². The van der Waals surface area contributed by atoms with Crippen molar-refractivity contribution in [2.75, 3.05) is 23.7 Å². The Bertz CT molecular complexity index is 417. The van der Waals surface area contributed by atoms with Crippen LogP contribution in [0, 0.1) is 0 Å². The van der Waals surface area contributed by atoms with Gasteiger partial charge in [0.1, 0.15) is 0 Å². The van der Waals surface area contributed by atoms with Crippen LogP contribution in [0.5, 0.6) is 0 Å². The van der Waals surface area contributed by atoms with Gasteiger partial charge in [-0.3, -0.25) is 9.78 Å². The Morgan fingerprint density at radius 1 is 1.65 bits per heavy atom. The summed E-state index contributed by atoms with van der Waals surface area (Å²) in [7, 11) is 0. The maximum atomic E-state index is 11.0. The molecule has 0 spiro atoms. The second-order valence-electron chi connectivity index (χ2n) is 4.19. The van der Waals surface area contributed by atoms with Gasteiger partial charge >= 0.3 is 0 Å². The molecule has 0 saturated carbocycles. The molecular formula is C11H15BrN4O. The summed E-state index contributed by atoms with van der Waals surface area (Å²) in [5.74, 6) is 0.0126. The van der Waals surface area contributed by atoms with E-state index < -0.39 is 0 Å². The van der Waals surface area contributed by atoms with E-state index in [1.807, 2.05) is 0 Å². The number of amides is 1. The quantitative estimate of drug-likeness (QED) is 0.859. The van der Waals surface area contributed by atoms with E-state index in [1.54, 1.807) is 19.3 Å². The molecule has 6 heteroatoms. The minimum atomic E-state index is 0.0126. The number of rotatable bonds is 2. The Morgan fingerprint density at radius 2 is 2.41 bits per heavy atom. The van der Waals surface area contributed by atoms with Crippen LogP contribution in [-0.4, -0.2) is 30.0 Å². The summed E-state index contributed by atoms with van der Waals surface area (Å²) < 4.78 is 0.890. The minimum Gasteiger partial charge on any atom is -0.396 e. The van der Waals surface area contributed by atoms with Gasteiger partial charge in [0, 0.05) is 32.3 Å². The molecule has 5 nitrogen and oxygen atoms in total. The fourth-order valence-corrected chi connectivity index (χ4v) is 2.74. The summed E-state index contributed by atoms with van der Waals surface area (Å²) in [6.07, 6.45) is 4.32. The zero-order chi connectivity index (χ0) is 12.4. The van der Waals surface area contributed by atoms with Crippen LogP contribution < -0.4 is 16.0 Å². The number of nitrogens with zero attached hydrogens (tertiary/aromatic N) is 2. The van der Waals surface area contributed by atoms with Gasteiger partial charge in [-0.05, 0) is 22.4 Å². The Hall–Kier alpha value is -1.30. The Labute approximate surface area is 109 Å². The first-order valence-electron chi connectivity index (χ1n) is 5.49. The SMILES string of the molecule is CC(=O)NC1CCN(c2c(N)cncc2Br)C1. The largest absolute Gasteiger partial charge is 0.396 e. The lowest BCUT2D eigenvalue weighted by molar-refractivity contribution is -0.119. The molecule has 0 aromatic carbocycles. The van der Waals surface area contributed by atoms with Crippen molar-refractivity contribution in [2.24, 2.45) is 0 Å². The lowest BCUT2D eigenvalue weighted by Crippen LogP contribution is -2.35. The monoisotopic (exact) mass is 298 g/mol. The number of nitrogen functional groups attached to an aromatic ring is 1. The Balaban J connectivity index is 2.12. The molecule has 2 heterocycles. The number of hydrogen-bond donors (Lipinski definition) is 2. The number of pyridine rings is 1. The van der Waals surface area contributed by atoms with Crippen LogP contribution in [0.4, 0.5) is 11.4 Å². The Kier molecular flexibility index (Phi) is 3.51. The molecule has 1 amide bonds. The van der Waals surface area contributed by atoms with Gasteiger partial charge in [-0.1, -0.05) is 0 Å². The zero-order valence-electron chi connectivity index (χ0n) is 9.61. The van der Waals surface area contributed by atoms with Crippen molar-refractivity contribution in [3.8, 4) is 0 Å². The first kappa shape index (κ1) is 12.2. The fourth-order valence-electron chi connectivity index (χ4n) is 2.15. The van der Waals surface area contributed by atoms with Gasteiger partial charge in [-0.2, -0.15) is 0 Å². The van der Waals surface area contributed by atoms with Crippen LogP contribution in [0.1, 0.15) is 13.3 Å². The van der Waals surface area contributed by atoms with E-state index in [4.69, 9.17) is 5.73 Å². The zero-order valence-corrected chi connectivity index (χ0v) is 11.2. The van der Waals surface area contributed by atoms with Crippen LogP contribution in [-0.2, 0) is 4.79 Å². The van der Waals surface area contributed by atoms with Gasteiger partial charge < -0.3 is 16.0 Å². The molecule has 92 valence electrons. The molecule has 1 unspecified atom stereocenters. The van der Waals surface area contributed by atoms with Crippen molar-refractivity contribution in [2.45, 2.75) is 19.4 Å². The minimum absolute atomic E-state index is 0.0126. The molecule has 3 N–H and O–H groups in total. The van der Waals surface area contributed by atoms with Crippen molar-refractivity contribution in [1.82, 2.24) is 10.3 Å². The molecule has 17 heavy (non-hydrogen) atoms. The number of carbonyl (C=O) groups excluding carboxylic acids is 1. The number of aromatic nitrogens is 1. The standard InChI is InChI=1S/C11H15BrN4O/c1-7(17)15-8-2-3-16(6-8)11-9(12)4-14-5-10(11)13/h4-5,8H,2-3,6,13H2,1H3,(H,15,17). The molecule has 0 radical (unpaired) electrons. The van der Waals surface area contributed by atoms with Gasteiger partial charge in [0.15, 0.2) is 0 Å². The lowest BCUT2D eigenvalue weighted by Gasteiger charge is -2.21. The highest BCUT2D eigenvalue weighted by Gasteiger charge is 2.25. The summed E-state index contributed by atoms with van der Waals surface area (Å²) in [6, 6.07) is 0.201. The summed E-state index contributed by atoms with van der Waals surface area (Å²) in [5.41, 5.74) is 7.55. The number of nitrogens with one attached hydrogen (secondary N) is 1. The molecule has 0 bridgehead atoms. The van der Waals surface area contributed by atoms with Gasteiger partial charge in [-0.25, -0.2) is 0 Å². The molecule has 1 atom stereocenters. The second-order valence-corrected chi connectivity index (χ2v) is 5.05. The number of carbonyl (C=O) groups is 1. The van der Waals surface area contributed by atoms with Crippen LogP contribution in [0.2, 0.25) is 0 Å². The van der Waals surface area contributed by atoms with Gasteiger partial charge in [0.25, 0.3) is 0 Å². The maximum Gasteiger partial charge on any atom is 0.217 e. The van der Waals surface area contributed by atoms with Crippen molar-refractivity contribution in [3.05, 3.63) is 16.9 Å². The van der Waals surface area contributed by atoms with E-state index in [0.29, 0.717) is 5.69 Å². The van der Waals surface area contributed by atoms with Crippen molar-refractivity contribution in [3.63, 3.8) is 0 Å². The summed E-state index contributed by atoms with van der Waals surface area (Å²) >= 11 is 3.46. The highest BCUT2D eigenvalue weighted by Crippen LogP contribution is 2.33. The van der Waals surface area contributed by atoms with E-state index in [1.165, 1.54) is 0 Å². The molecular weight excluding hydrogens is 284 g/mol. The molecule has 1 aliphatic heterocycles. The average Bonchev–Trinajstić information content (AvgIpc) is 2.65. The van der Waals surface area contributed by atoms with E-state index in [2.05, 4.69) is 31.1 Å². The summed E-state index contributed by atoms with van der Waals surface area (Å²) in [5, 5.41) is 2.93. The third kappa shape index (κ3) is 2.69. The molecule has 1 saturated heterocycles. The topological polar surface area (TPSA) is 71.2 Å². The fraction of sp³-hybridized carbons (Fsp3) is 0.455. The molecule has 1 fully saturated rings. The van der Waals surface area contributed by atoms with Crippen molar-refractivity contribution in [1.29, 1.82) is 0 Å².